The van der Waals surface area contributed by atoms with Crippen LogP contribution in [0.1, 0.15) is 52.4 Å². The van der Waals surface area contributed by atoms with Crippen LogP contribution in [0.25, 0.3) is 0 Å². The molecule has 0 aromatic rings. The van der Waals surface area contributed by atoms with E-state index in [0.29, 0.717) is 17.4 Å². The molecule has 3 heteroatoms. The third-order valence-electron chi connectivity index (χ3n) is 4.37. The number of carbonyl (C=O) groups is 1. The quantitative estimate of drug-likeness (QED) is 0.770. The van der Waals surface area contributed by atoms with Gasteiger partial charge >= 0.3 is 0 Å². The Balaban J connectivity index is 1.73. The van der Waals surface area contributed by atoms with Crippen molar-refractivity contribution in [1.29, 1.82) is 0 Å². The van der Waals surface area contributed by atoms with Crippen LogP contribution in [0.3, 0.4) is 0 Å². The Hall–Kier alpha value is -0.570. The van der Waals surface area contributed by atoms with Gasteiger partial charge in [0, 0.05) is 18.5 Å². The van der Waals surface area contributed by atoms with Crippen molar-refractivity contribution >= 4 is 5.91 Å². The molecule has 2 atom stereocenters. The van der Waals surface area contributed by atoms with Gasteiger partial charge in [0.2, 0.25) is 5.91 Å². The zero-order valence-corrected chi connectivity index (χ0v) is 11.2. The van der Waals surface area contributed by atoms with E-state index >= 15 is 0 Å². The summed E-state index contributed by atoms with van der Waals surface area (Å²) < 4.78 is 0. The van der Waals surface area contributed by atoms with Gasteiger partial charge in [-0.2, -0.15) is 0 Å². The van der Waals surface area contributed by atoms with E-state index in [0.717, 1.165) is 25.9 Å². The zero-order chi connectivity index (χ0) is 12.3. The van der Waals surface area contributed by atoms with Crippen LogP contribution >= 0.6 is 0 Å². The van der Waals surface area contributed by atoms with Crippen molar-refractivity contribution in [2.45, 2.75) is 58.4 Å². The lowest BCUT2D eigenvalue weighted by atomic mass is 9.92. The minimum absolute atomic E-state index is 0.240. The van der Waals surface area contributed by atoms with E-state index in [-0.39, 0.29) is 5.92 Å². The third-order valence-corrected chi connectivity index (χ3v) is 4.37. The van der Waals surface area contributed by atoms with Gasteiger partial charge in [0.05, 0.1) is 0 Å². The number of rotatable bonds is 5. The van der Waals surface area contributed by atoms with E-state index in [1.807, 2.05) is 0 Å². The fourth-order valence-corrected chi connectivity index (χ4v) is 3.01. The average Bonchev–Trinajstić information content (AvgIpc) is 3.07. The van der Waals surface area contributed by atoms with Crippen LogP contribution in [0.4, 0.5) is 0 Å². The fraction of sp³-hybridized carbons (Fsp3) is 0.929. The molecule has 2 rings (SSSR count). The molecule has 1 aliphatic carbocycles. The number of amides is 1. The van der Waals surface area contributed by atoms with Gasteiger partial charge < -0.3 is 10.6 Å². The van der Waals surface area contributed by atoms with E-state index in [1.54, 1.807) is 0 Å². The van der Waals surface area contributed by atoms with Crippen LogP contribution in [-0.4, -0.2) is 25.0 Å². The van der Waals surface area contributed by atoms with Crippen molar-refractivity contribution in [2.24, 2.45) is 11.3 Å². The summed E-state index contributed by atoms with van der Waals surface area (Å²) in [4.78, 5) is 12.1. The van der Waals surface area contributed by atoms with E-state index in [9.17, 15) is 4.79 Å². The maximum absolute atomic E-state index is 12.1. The number of hydrogen-bond acceptors (Lipinski definition) is 2. The number of nitrogens with one attached hydrogen (secondary N) is 2. The van der Waals surface area contributed by atoms with Crippen molar-refractivity contribution in [3.8, 4) is 0 Å². The van der Waals surface area contributed by atoms with Gasteiger partial charge in [-0.3, -0.25) is 4.79 Å². The average molecular weight is 238 g/mol. The molecule has 0 aromatic heterocycles. The number of piperidine rings is 1. The Kier molecular flexibility index (Phi) is 4.08. The van der Waals surface area contributed by atoms with Crippen LogP contribution in [0.5, 0.6) is 0 Å². The topological polar surface area (TPSA) is 41.1 Å². The summed E-state index contributed by atoms with van der Waals surface area (Å²) in [6.45, 7) is 6.30. The number of hydrogen-bond donors (Lipinski definition) is 2. The molecule has 0 bridgehead atoms. The molecule has 0 spiro atoms. The SMILES string of the molecule is CCCC1(CNC(=O)C2CCNC(C)C2)CC1. The predicted octanol–water partition coefficient (Wildman–Crippen LogP) is 2.07. The van der Waals surface area contributed by atoms with Crippen molar-refractivity contribution in [1.82, 2.24) is 10.6 Å². The molecule has 17 heavy (non-hydrogen) atoms. The molecule has 2 aliphatic rings. The second-order valence-electron chi connectivity index (χ2n) is 6.04. The Labute approximate surface area is 105 Å². The van der Waals surface area contributed by atoms with Crippen LogP contribution in [0.15, 0.2) is 0 Å². The van der Waals surface area contributed by atoms with Crippen molar-refractivity contribution in [2.75, 3.05) is 13.1 Å². The summed E-state index contributed by atoms with van der Waals surface area (Å²) in [5.74, 6) is 0.532. The van der Waals surface area contributed by atoms with Crippen molar-refractivity contribution < 1.29 is 4.79 Å². The van der Waals surface area contributed by atoms with Gasteiger partial charge in [0.15, 0.2) is 0 Å². The Morgan fingerprint density at radius 1 is 1.47 bits per heavy atom. The normalized spacial score (nSPS) is 30.9. The highest BCUT2D eigenvalue weighted by atomic mass is 16.1. The monoisotopic (exact) mass is 238 g/mol. The molecule has 0 radical (unpaired) electrons. The highest BCUT2D eigenvalue weighted by molar-refractivity contribution is 5.78. The van der Waals surface area contributed by atoms with Gasteiger partial charge in [0.1, 0.15) is 0 Å². The molecule has 1 saturated carbocycles. The summed E-state index contributed by atoms with van der Waals surface area (Å²) in [6.07, 6.45) is 7.12. The minimum atomic E-state index is 0.240. The van der Waals surface area contributed by atoms with Gasteiger partial charge in [-0.05, 0) is 51.0 Å². The first kappa shape index (κ1) is 12.9. The Bertz CT molecular complexity index is 273. The molecule has 1 heterocycles. The van der Waals surface area contributed by atoms with E-state index in [4.69, 9.17) is 0 Å². The second-order valence-corrected chi connectivity index (χ2v) is 6.04. The van der Waals surface area contributed by atoms with Crippen molar-refractivity contribution in [3.63, 3.8) is 0 Å². The summed E-state index contributed by atoms with van der Waals surface area (Å²) in [5.41, 5.74) is 0.475. The van der Waals surface area contributed by atoms with Gasteiger partial charge in [-0.1, -0.05) is 13.3 Å². The molecule has 1 amide bonds. The molecule has 1 aliphatic heterocycles. The highest BCUT2D eigenvalue weighted by Crippen LogP contribution is 2.48. The number of carbonyl (C=O) groups excluding carboxylic acids is 1. The highest BCUT2D eigenvalue weighted by Gasteiger charge is 2.41. The summed E-state index contributed by atoms with van der Waals surface area (Å²) >= 11 is 0. The lowest BCUT2D eigenvalue weighted by Crippen LogP contribution is -2.43. The smallest absolute Gasteiger partial charge is 0.223 e. The fourth-order valence-electron chi connectivity index (χ4n) is 3.01. The lowest BCUT2D eigenvalue weighted by molar-refractivity contribution is -0.126. The first-order valence-corrected chi connectivity index (χ1v) is 7.16. The molecule has 0 aromatic carbocycles. The summed E-state index contributed by atoms with van der Waals surface area (Å²) in [7, 11) is 0. The molecular formula is C14H26N2O. The van der Waals surface area contributed by atoms with Crippen LogP contribution in [-0.2, 0) is 4.79 Å². The first-order valence-electron chi connectivity index (χ1n) is 7.16. The zero-order valence-electron chi connectivity index (χ0n) is 11.2. The van der Waals surface area contributed by atoms with E-state index < -0.39 is 0 Å². The third kappa shape index (κ3) is 3.44. The van der Waals surface area contributed by atoms with Crippen LogP contribution < -0.4 is 10.6 Å². The summed E-state index contributed by atoms with van der Waals surface area (Å²) in [6, 6.07) is 0.491. The van der Waals surface area contributed by atoms with Gasteiger partial charge in [-0.25, -0.2) is 0 Å². The Morgan fingerprint density at radius 2 is 2.24 bits per heavy atom. The van der Waals surface area contributed by atoms with Crippen LogP contribution in [0.2, 0.25) is 0 Å². The van der Waals surface area contributed by atoms with Gasteiger partial charge in [-0.15, -0.1) is 0 Å². The maximum atomic E-state index is 12.1. The summed E-state index contributed by atoms with van der Waals surface area (Å²) in [5, 5.41) is 6.59. The van der Waals surface area contributed by atoms with Gasteiger partial charge in [0.25, 0.3) is 0 Å². The molecule has 2 unspecified atom stereocenters. The van der Waals surface area contributed by atoms with E-state index in [2.05, 4.69) is 24.5 Å². The molecule has 2 N–H and O–H groups in total. The predicted molar refractivity (Wildman–Crippen MR) is 69.8 cm³/mol. The Morgan fingerprint density at radius 3 is 2.82 bits per heavy atom. The molecule has 98 valence electrons. The second kappa shape index (κ2) is 5.38. The van der Waals surface area contributed by atoms with Crippen LogP contribution in [0, 0.1) is 11.3 Å². The van der Waals surface area contributed by atoms with Crippen molar-refractivity contribution in [3.05, 3.63) is 0 Å². The largest absolute Gasteiger partial charge is 0.355 e. The lowest BCUT2D eigenvalue weighted by Gasteiger charge is -2.27. The first-order chi connectivity index (χ1) is 8.15. The molecule has 3 nitrogen and oxygen atoms in total. The molecular weight excluding hydrogens is 212 g/mol. The standard InChI is InChI=1S/C14H26N2O/c1-3-5-14(6-7-14)10-16-13(17)12-4-8-15-11(2)9-12/h11-12,15H,3-10H2,1-2H3,(H,16,17). The molecule has 2 fully saturated rings. The van der Waals surface area contributed by atoms with E-state index in [1.165, 1.54) is 25.7 Å². The minimum Gasteiger partial charge on any atom is -0.355 e. The maximum Gasteiger partial charge on any atom is 0.223 e. The molecule has 1 saturated heterocycles.